The molecule has 2 atom stereocenters. The zero-order chi connectivity index (χ0) is 33.5. The lowest BCUT2D eigenvalue weighted by Gasteiger charge is -2.41. The first kappa shape index (κ1) is 33.1. The molecule has 0 spiro atoms. The van der Waals surface area contributed by atoms with E-state index in [1.165, 1.54) is 23.5 Å². The van der Waals surface area contributed by atoms with Crippen LogP contribution in [0.2, 0.25) is 0 Å². The quantitative estimate of drug-likeness (QED) is 0.221. The van der Waals surface area contributed by atoms with Gasteiger partial charge in [0.05, 0.1) is 17.3 Å². The Bertz CT molecular complexity index is 1800. The number of nitrogens with zero attached hydrogens (tertiary/aromatic N) is 5. The molecule has 1 N–H and O–H groups in total. The Labute approximate surface area is 279 Å². The maximum atomic E-state index is 14.3. The van der Waals surface area contributed by atoms with Crippen LogP contribution in [0.4, 0.5) is 10.2 Å². The average Bonchev–Trinajstić information content (AvgIpc) is 3.63. The van der Waals surface area contributed by atoms with Gasteiger partial charge in [-0.1, -0.05) is 25.1 Å². The smallest absolute Gasteiger partial charge is 0.337 e. The van der Waals surface area contributed by atoms with Crippen molar-refractivity contribution < 1.29 is 23.8 Å². The van der Waals surface area contributed by atoms with E-state index in [9.17, 15) is 14.3 Å². The predicted octanol–water partition coefficient (Wildman–Crippen LogP) is 7.95. The van der Waals surface area contributed by atoms with Crippen LogP contribution >= 0.6 is 11.3 Å². The summed E-state index contributed by atoms with van der Waals surface area (Å²) in [4.78, 5) is 25.6. The summed E-state index contributed by atoms with van der Waals surface area (Å²) in [6.07, 6.45) is 10.1. The number of aromatic nitrogens is 4. The first-order valence-electron chi connectivity index (χ1n) is 16.4. The summed E-state index contributed by atoms with van der Waals surface area (Å²) in [5.74, 6) is -0.143. The van der Waals surface area contributed by atoms with Crippen molar-refractivity contribution in [1.82, 2.24) is 19.6 Å². The van der Waals surface area contributed by atoms with Gasteiger partial charge in [0.1, 0.15) is 28.1 Å². The molecule has 3 aromatic heterocycles. The fourth-order valence-corrected chi connectivity index (χ4v) is 7.40. The molecular formula is C36H44FN5O4S. The zero-order valence-corrected chi connectivity index (χ0v) is 28.9. The lowest BCUT2D eigenvalue weighted by Crippen LogP contribution is -2.41. The molecule has 1 fully saturated rings. The van der Waals surface area contributed by atoms with Crippen LogP contribution < -0.4 is 9.64 Å². The molecule has 0 saturated carbocycles. The SMILES string of the molecule is Cc1nc2cc3nn2c(c1C(OC(C)(C)C)C(=O)O)N1CCC(C)(CCC=CCC(C)Oc2cc(F)ccc2Cc2cnc-3s2)CC1. The number of anilines is 1. The normalized spacial score (nSPS) is 21.3. The van der Waals surface area contributed by atoms with E-state index in [0.717, 1.165) is 60.6 Å². The number of halogens is 1. The van der Waals surface area contributed by atoms with Gasteiger partial charge in [-0.15, -0.1) is 11.3 Å². The number of hydrogen-bond donors (Lipinski definition) is 1. The maximum absolute atomic E-state index is 14.3. The number of aryl methyl sites for hydroxylation is 1. The number of hydrogen-bond acceptors (Lipinski definition) is 8. The number of allylic oxidation sites excluding steroid dienone is 1. The average molecular weight is 662 g/mol. The van der Waals surface area contributed by atoms with Gasteiger partial charge in [-0.2, -0.15) is 9.61 Å². The molecular weight excluding hydrogens is 617 g/mol. The number of aliphatic carboxylic acids is 1. The summed E-state index contributed by atoms with van der Waals surface area (Å²) < 4.78 is 28.5. The van der Waals surface area contributed by atoms with E-state index in [4.69, 9.17) is 24.5 Å². The van der Waals surface area contributed by atoms with Gasteiger partial charge in [-0.25, -0.2) is 19.2 Å². The molecule has 2 unspecified atom stereocenters. The fourth-order valence-electron chi connectivity index (χ4n) is 6.51. The van der Waals surface area contributed by atoms with E-state index in [-0.39, 0.29) is 17.3 Å². The Morgan fingerprint density at radius 1 is 1.19 bits per heavy atom. The van der Waals surface area contributed by atoms with Gasteiger partial charge in [-0.05, 0) is 77.3 Å². The molecule has 3 aliphatic heterocycles. The summed E-state index contributed by atoms with van der Waals surface area (Å²) in [6.45, 7) is 13.3. The van der Waals surface area contributed by atoms with E-state index in [1.54, 1.807) is 10.6 Å². The minimum Gasteiger partial charge on any atom is -0.490 e. The second-order valence-corrected chi connectivity index (χ2v) is 15.3. The summed E-state index contributed by atoms with van der Waals surface area (Å²) in [5, 5.41) is 16.2. The minimum atomic E-state index is -1.22. The Balaban J connectivity index is 1.47. The largest absolute Gasteiger partial charge is 0.490 e. The number of piperidine rings is 1. The first-order valence-corrected chi connectivity index (χ1v) is 17.2. The number of carboxylic acid groups (broad SMARTS) is 1. The third kappa shape index (κ3) is 7.36. The van der Waals surface area contributed by atoms with Crippen molar-refractivity contribution in [3.8, 4) is 16.5 Å². The highest BCUT2D eigenvalue weighted by molar-refractivity contribution is 7.15. The van der Waals surface area contributed by atoms with Crippen molar-refractivity contribution in [2.75, 3.05) is 18.0 Å². The lowest BCUT2D eigenvalue weighted by molar-refractivity contribution is -0.160. The van der Waals surface area contributed by atoms with Gasteiger partial charge in [0.15, 0.2) is 11.8 Å². The van der Waals surface area contributed by atoms with Gasteiger partial charge >= 0.3 is 5.97 Å². The molecule has 0 amide bonds. The number of fused-ring (bicyclic) bond motifs is 7. The van der Waals surface area contributed by atoms with Crippen molar-refractivity contribution in [2.24, 2.45) is 5.41 Å². The molecule has 11 heteroatoms. The highest BCUT2D eigenvalue weighted by Gasteiger charge is 2.37. The van der Waals surface area contributed by atoms with Crippen molar-refractivity contribution in [1.29, 1.82) is 0 Å². The topological polar surface area (TPSA) is 102 Å². The van der Waals surface area contributed by atoms with Gasteiger partial charge in [-0.3, -0.25) is 0 Å². The Morgan fingerprint density at radius 3 is 2.68 bits per heavy atom. The molecule has 0 aliphatic carbocycles. The standard InChI is InChI=1S/C36H44FN5O4S/c1-22-10-8-7-9-13-36(6)14-16-41(17-15-36)33-30(31(34(43)44)46-35(3,4)5)23(2)39-29-20-27(40-42(29)33)32-38-21-26(47-32)18-24-11-12-25(37)19-28(24)45-22/h7-8,11-12,19-22,31H,9-10,13-18H2,1-6H3,(H,43,44). The second kappa shape index (κ2) is 13.0. The molecule has 6 bridgehead atoms. The van der Waals surface area contributed by atoms with Gasteiger partial charge in [0, 0.05) is 54.8 Å². The summed E-state index contributed by atoms with van der Waals surface area (Å²) in [6, 6.07) is 6.60. The Morgan fingerprint density at radius 2 is 1.96 bits per heavy atom. The zero-order valence-electron chi connectivity index (χ0n) is 28.0. The number of ether oxygens (including phenoxy) is 2. The van der Waals surface area contributed by atoms with Gasteiger partial charge < -0.3 is 19.5 Å². The van der Waals surface area contributed by atoms with E-state index >= 15 is 0 Å². The molecule has 0 radical (unpaired) electrons. The molecule has 47 heavy (non-hydrogen) atoms. The van der Waals surface area contributed by atoms with E-state index < -0.39 is 17.7 Å². The van der Waals surface area contributed by atoms with E-state index in [2.05, 4.69) is 24.0 Å². The highest BCUT2D eigenvalue weighted by atomic mass is 32.1. The number of benzene rings is 1. The molecule has 4 aromatic rings. The van der Waals surface area contributed by atoms with E-state index in [0.29, 0.717) is 40.6 Å². The minimum absolute atomic E-state index is 0.106. The van der Waals surface area contributed by atoms with Crippen LogP contribution in [0, 0.1) is 18.2 Å². The van der Waals surface area contributed by atoms with Crippen LogP contribution in [0.15, 0.2) is 42.6 Å². The first-order chi connectivity index (χ1) is 22.3. The third-order valence-electron chi connectivity index (χ3n) is 9.08. The van der Waals surface area contributed by atoms with Crippen LogP contribution in [0.5, 0.6) is 5.75 Å². The monoisotopic (exact) mass is 661 g/mol. The van der Waals surface area contributed by atoms with Crippen LogP contribution in [-0.2, 0) is 16.0 Å². The number of carboxylic acids is 1. The molecule has 9 nitrogen and oxygen atoms in total. The van der Waals surface area contributed by atoms with Crippen molar-refractivity contribution >= 4 is 28.8 Å². The van der Waals surface area contributed by atoms with Crippen LogP contribution in [0.3, 0.4) is 0 Å². The molecule has 6 heterocycles. The Kier molecular flexibility index (Phi) is 9.15. The summed E-state index contributed by atoms with van der Waals surface area (Å²) >= 11 is 1.51. The van der Waals surface area contributed by atoms with Gasteiger partial charge in [0.2, 0.25) is 0 Å². The van der Waals surface area contributed by atoms with E-state index in [1.807, 2.05) is 46.9 Å². The van der Waals surface area contributed by atoms with Gasteiger partial charge in [0.25, 0.3) is 0 Å². The molecule has 250 valence electrons. The predicted molar refractivity (Wildman–Crippen MR) is 182 cm³/mol. The fraction of sp³-hybridized carbons (Fsp3) is 0.500. The molecule has 1 saturated heterocycles. The Hall–Kier alpha value is -3.83. The van der Waals surface area contributed by atoms with Crippen LogP contribution in [0.1, 0.15) is 94.5 Å². The molecule has 7 rings (SSSR count). The number of rotatable bonds is 3. The van der Waals surface area contributed by atoms with Crippen LogP contribution in [-0.4, -0.2) is 55.5 Å². The second-order valence-electron chi connectivity index (χ2n) is 14.2. The summed E-state index contributed by atoms with van der Waals surface area (Å²) in [5.41, 5.74) is 2.73. The molecule has 3 aliphatic rings. The van der Waals surface area contributed by atoms with Crippen molar-refractivity contribution in [3.05, 3.63) is 70.1 Å². The van der Waals surface area contributed by atoms with Crippen molar-refractivity contribution in [2.45, 2.75) is 97.9 Å². The maximum Gasteiger partial charge on any atom is 0.337 e. The number of thiazole rings is 1. The molecule has 1 aromatic carbocycles. The summed E-state index contributed by atoms with van der Waals surface area (Å²) in [7, 11) is 0. The number of carbonyl (C=O) groups is 1. The third-order valence-corrected chi connectivity index (χ3v) is 10.1. The van der Waals surface area contributed by atoms with Crippen molar-refractivity contribution in [3.63, 3.8) is 0 Å². The highest BCUT2D eigenvalue weighted by Crippen LogP contribution is 2.41. The van der Waals surface area contributed by atoms with Crippen LogP contribution in [0.25, 0.3) is 16.3 Å². The lowest BCUT2D eigenvalue weighted by atomic mass is 9.76.